The van der Waals surface area contributed by atoms with Gasteiger partial charge in [0, 0.05) is 69.2 Å². The number of aromatic nitrogens is 2. The Morgan fingerprint density at radius 3 is 2.42 bits per heavy atom. The molecule has 3 aromatic rings. The molecule has 1 amide bonds. The van der Waals surface area contributed by atoms with Crippen molar-refractivity contribution in [3.63, 3.8) is 0 Å². The first kappa shape index (κ1) is 30.6. The van der Waals surface area contributed by atoms with Gasteiger partial charge < -0.3 is 29.5 Å². The Balaban J connectivity index is 1.32. The quantitative estimate of drug-likeness (QED) is 0.358. The number of carbonyl (C=O) groups excluding carboxylic acids is 2. The molecule has 2 aliphatic rings. The maximum atomic E-state index is 12.6. The molecule has 0 spiro atoms. The van der Waals surface area contributed by atoms with E-state index in [4.69, 9.17) is 14.2 Å². The number of amides is 1. The molecule has 2 aliphatic heterocycles. The van der Waals surface area contributed by atoms with Gasteiger partial charge in [0.1, 0.15) is 0 Å². The van der Waals surface area contributed by atoms with Crippen LogP contribution in [0, 0.1) is 5.92 Å². The molecule has 1 unspecified atom stereocenters. The molecule has 1 aromatic heterocycles. The summed E-state index contributed by atoms with van der Waals surface area (Å²) in [6.45, 7) is 9.00. The van der Waals surface area contributed by atoms with Crippen LogP contribution in [0.2, 0.25) is 0 Å². The average Bonchev–Trinajstić information content (AvgIpc) is 3.02. The van der Waals surface area contributed by atoms with Crippen LogP contribution in [0.15, 0.2) is 67.0 Å². The lowest BCUT2D eigenvalue weighted by Crippen LogP contribution is -2.51. The van der Waals surface area contributed by atoms with Gasteiger partial charge in [-0.15, -0.1) is 0 Å². The fraction of sp³-hybridized carbons (Fsp3) is 0.438. The Morgan fingerprint density at radius 2 is 1.74 bits per heavy atom. The molecule has 2 N–H and O–H groups in total. The minimum Gasteiger partial charge on any atom is -0.453 e. The van der Waals surface area contributed by atoms with Crippen LogP contribution in [0.3, 0.4) is 0 Å². The largest absolute Gasteiger partial charge is 0.453 e. The fourth-order valence-electron chi connectivity index (χ4n) is 5.48. The van der Waals surface area contributed by atoms with E-state index in [2.05, 4.69) is 32.0 Å². The van der Waals surface area contributed by atoms with Gasteiger partial charge in [0.15, 0.2) is 12.4 Å². The number of nitrogens with one attached hydrogen (secondary N) is 1. The molecule has 2 saturated heterocycles. The van der Waals surface area contributed by atoms with E-state index in [-0.39, 0.29) is 24.7 Å². The molecule has 2 aromatic carbocycles. The first-order chi connectivity index (χ1) is 20.8. The summed E-state index contributed by atoms with van der Waals surface area (Å²) in [4.78, 5) is 37.2. The van der Waals surface area contributed by atoms with Gasteiger partial charge >= 0.3 is 5.97 Å². The van der Waals surface area contributed by atoms with Crippen LogP contribution in [0.1, 0.15) is 49.9 Å². The van der Waals surface area contributed by atoms with Crippen molar-refractivity contribution in [2.24, 2.45) is 5.92 Å². The number of esters is 1. The lowest BCUT2D eigenvalue weighted by atomic mass is 9.90. The van der Waals surface area contributed by atoms with Crippen molar-refractivity contribution in [3.8, 4) is 0 Å². The van der Waals surface area contributed by atoms with Crippen molar-refractivity contribution in [2.75, 3.05) is 42.9 Å². The van der Waals surface area contributed by atoms with Crippen LogP contribution in [0.4, 0.5) is 11.6 Å². The zero-order chi connectivity index (χ0) is 30.3. The third-order valence-electron chi connectivity index (χ3n) is 7.91. The Bertz CT molecular complexity index is 1370. The summed E-state index contributed by atoms with van der Waals surface area (Å²) < 4.78 is 18.2. The summed E-state index contributed by atoms with van der Waals surface area (Å²) >= 11 is 0. The van der Waals surface area contributed by atoms with Crippen molar-refractivity contribution in [3.05, 3.63) is 83.7 Å². The fourth-order valence-corrected chi connectivity index (χ4v) is 5.48. The Morgan fingerprint density at radius 1 is 1.02 bits per heavy atom. The Kier molecular flexibility index (Phi) is 9.98. The number of rotatable bonds is 9. The molecule has 11 nitrogen and oxygen atoms in total. The van der Waals surface area contributed by atoms with Crippen LogP contribution in [0.5, 0.6) is 0 Å². The number of benzene rings is 2. The van der Waals surface area contributed by atoms with Crippen LogP contribution in [-0.2, 0) is 30.4 Å². The summed E-state index contributed by atoms with van der Waals surface area (Å²) in [7, 11) is 0. The normalized spacial score (nSPS) is 23.4. The third kappa shape index (κ3) is 7.74. The maximum absolute atomic E-state index is 12.6. The van der Waals surface area contributed by atoms with Gasteiger partial charge in [0.25, 0.3) is 5.91 Å². The smallest absolute Gasteiger partial charge is 0.303 e. The summed E-state index contributed by atoms with van der Waals surface area (Å²) in [5.41, 5.74) is 3.15. The number of piperazine rings is 1. The van der Waals surface area contributed by atoms with Gasteiger partial charge in [0.2, 0.25) is 5.95 Å². The second-order valence-corrected chi connectivity index (χ2v) is 11.0. The van der Waals surface area contributed by atoms with Gasteiger partial charge in [-0.05, 0) is 36.2 Å². The second kappa shape index (κ2) is 14.0. The highest BCUT2D eigenvalue weighted by molar-refractivity contribution is 5.95. The summed E-state index contributed by atoms with van der Waals surface area (Å²) in [5.74, 6) is -0.155. The van der Waals surface area contributed by atoms with Crippen molar-refractivity contribution in [2.45, 2.75) is 52.0 Å². The van der Waals surface area contributed by atoms with Gasteiger partial charge in [-0.1, -0.05) is 43.3 Å². The zero-order valence-corrected chi connectivity index (χ0v) is 24.8. The van der Waals surface area contributed by atoms with Gasteiger partial charge in [-0.2, -0.15) is 0 Å². The standard InChI is InChI=1S/C32H39N5O6/c1-21-28(19-36-14-16-37(17-15-36)32-33-12-5-13-34-32)42-31(43-29(21)25-10-8-24(20-38)9-11-25)26-6-4-7-27(18-26)35-30(40)22(2)41-23(3)39/h4-13,18,21-22,28-29,31,38H,14-17,19-20H2,1-3H3,(H,35,40)/t21-,22-,28+,29+,31?/m0/s1. The first-order valence-electron chi connectivity index (χ1n) is 14.6. The predicted molar refractivity (Wildman–Crippen MR) is 160 cm³/mol. The van der Waals surface area contributed by atoms with Crippen LogP contribution in [0.25, 0.3) is 0 Å². The van der Waals surface area contributed by atoms with Crippen LogP contribution >= 0.6 is 0 Å². The highest BCUT2D eigenvalue weighted by Gasteiger charge is 2.39. The SMILES string of the molecule is CC(=O)O[C@@H](C)C(=O)Nc1cccc(C2O[C@H](CN3CCN(c4ncccn4)CC3)[C@H](C)[C@H](c3ccc(CO)cc3)O2)c1. The van der Waals surface area contributed by atoms with Crippen LogP contribution < -0.4 is 10.2 Å². The molecule has 2 fully saturated rings. The van der Waals surface area contributed by atoms with E-state index in [9.17, 15) is 14.7 Å². The van der Waals surface area contributed by atoms with Crippen molar-refractivity contribution in [1.29, 1.82) is 0 Å². The second-order valence-electron chi connectivity index (χ2n) is 11.0. The predicted octanol–water partition coefficient (Wildman–Crippen LogP) is 3.47. The monoisotopic (exact) mass is 589 g/mol. The molecule has 11 heteroatoms. The molecule has 0 saturated carbocycles. The highest BCUT2D eigenvalue weighted by Crippen LogP contribution is 2.42. The molecule has 43 heavy (non-hydrogen) atoms. The minimum atomic E-state index is -0.922. The maximum Gasteiger partial charge on any atom is 0.303 e. The van der Waals surface area contributed by atoms with Gasteiger partial charge in [-0.3, -0.25) is 14.5 Å². The molecular formula is C32H39N5O6. The van der Waals surface area contributed by atoms with E-state index in [1.54, 1.807) is 18.5 Å². The molecule has 0 aliphatic carbocycles. The summed E-state index contributed by atoms with van der Waals surface area (Å²) in [6, 6.07) is 17.0. The number of nitrogens with zero attached hydrogens (tertiary/aromatic N) is 4. The summed E-state index contributed by atoms with van der Waals surface area (Å²) in [5, 5.41) is 12.4. The number of carbonyl (C=O) groups is 2. The van der Waals surface area contributed by atoms with E-state index in [1.165, 1.54) is 13.8 Å². The van der Waals surface area contributed by atoms with Gasteiger partial charge in [-0.25, -0.2) is 9.97 Å². The van der Waals surface area contributed by atoms with Gasteiger partial charge in [0.05, 0.1) is 18.8 Å². The number of aliphatic hydroxyl groups excluding tert-OH is 1. The van der Waals surface area contributed by atoms with E-state index >= 15 is 0 Å². The Labute approximate surface area is 251 Å². The molecular weight excluding hydrogens is 550 g/mol. The molecule has 5 atom stereocenters. The summed E-state index contributed by atoms with van der Waals surface area (Å²) in [6.07, 6.45) is 1.54. The average molecular weight is 590 g/mol. The van der Waals surface area contributed by atoms with E-state index < -0.39 is 24.3 Å². The number of ether oxygens (including phenoxy) is 3. The molecule has 228 valence electrons. The first-order valence-corrected chi connectivity index (χ1v) is 14.6. The number of hydrogen-bond donors (Lipinski definition) is 2. The van der Waals surface area contributed by atoms with Crippen molar-refractivity contribution < 1.29 is 28.9 Å². The van der Waals surface area contributed by atoms with E-state index in [1.807, 2.05) is 48.5 Å². The highest BCUT2D eigenvalue weighted by atomic mass is 16.7. The minimum absolute atomic E-state index is 0.0235. The van der Waals surface area contributed by atoms with Crippen LogP contribution in [-0.4, -0.2) is 76.8 Å². The number of hydrogen-bond acceptors (Lipinski definition) is 10. The molecule has 3 heterocycles. The third-order valence-corrected chi connectivity index (χ3v) is 7.91. The zero-order valence-electron chi connectivity index (χ0n) is 24.8. The van der Waals surface area contributed by atoms with Crippen molar-refractivity contribution in [1.82, 2.24) is 14.9 Å². The molecule has 0 bridgehead atoms. The lowest BCUT2D eigenvalue weighted by Gasteiger charge is -2.44. The van der Waals surface area contributed by atoms with E-state index in [0.717, 1.165) is 55.4 Å². The van der Waals surface area contributed by atoms with Crippen molar-refractivity contribution >= 4 is 23.5 Å². The lowest BCUT2D eigenvalue weighted by molar-refractivity contribution is -0.276. The number of aliphatic hydroxyl groups is 1. The molecule has 5 rings (SSSR count). The molecule has 0 radical (unpaired) electrons. The number of anilines is 2. The van der Waals surface area contributed by atoms with E-state index in [0.29, 0.717) is 5.69 Å². The Hall–Kier alpha value is -3.90. The topological polar surface area (TPSA) is 126 Å².